The number of hydrogen-bond acceptors (Lipinski definition) is 4. The van der Waals surface area contributed by atoms with Gasteiger partial charge in [-0.25, -0.2) is 9.97 Å². The van der Waals surface area contributed by atoms with E-state index in [0.29, 0.717) is 5.82 Å². The second-order valence-electron chi connectivity index (χ2n) is 6.36. The summed E-state index contributed by atoms with van der Waals surface area (Å²) < 4.78 is 5.20. The summed E-state index contributed by atoms with van der Waals surface area (Å²) in [5, 5.41) is 0. The molecule has 1 aromatic heterocycles. The predicted molar refractivity (Wildman–Crippen MR) is 93.3 cm³/mol. The van der Waals surface area contributed by atoms with Crippen LogP contribution in [0.15, 0.2) is 30.5 Å². The molecule has 1 aliphatic rings. The second kappa shape index (κ2) is 7.44. The number of benzene rings is 1. The number of nitrogens with two attached hydrogens (primary N) is 1. The van der Waals surface area contributed by atoms with Gasteiger partial charge in [0.05, 0.1) is 24.7 Å². The topological polar surface area (TPSA) is 61.0 Å². The fourth-order valence-electron chi connectivity index (χ4n) is 3.34. The summed E-state index contributed by atoms with van der Waals surface area (Å²) in [5.74, 6) is 2.24. The zero-order chi connectivity index (χ0) is 16.1. The van der Waals surface area contributed by atoms with Crippen molar-refractivity contribution in [3.05, 3.63) is 36.2 Å². The van der Waals surface area contributed by atoms with Gasteiger partial charge in [-0.05, 0) is 43.0 Å². The van der Waals surface area contributed by atoms with E-state index < -0.39 is 0 Å². The maximum atomic E-state index is 6.04. The molecule has 0 atom stereocenters. The normalized spacial score (nSPS) is 15.5. The van der Waals surface area contributed by atoms with Gasteiger partial charge in [0.15, 0.2) is 0 Å². The lowest BCUT2D eigenvalue weighted by atomic mass is 9.86. The van der Waals surface area contributed by atoms with E-state index in [1.54, 1.807) is 13.3 Å². The van der Waals surface area contributed by atoms with Gasteiger partial charge < -0.3 is 10.5 Å². The number of ether oxygens (including phenoxy) is 1. The van der Waals surface area contributed by atoms with Crippen molar-refractivity contribution < 1.29 is 4.74 Å². The molecule has 0 saturated heterocycles. The molecule has 3 rings (SSSR count). The number of rotatable bonds is 5. The molecule has 4 nitrogen and oxygen atoms in total. The van der Waals surface area contributed by atoms with Crippen molar-refractivity contribution in [2.24, 2.45) is 5.92 Å². The number of aryl methyl sites for hydroxylation is 1. The summed E-state index contributed by atoms with van der Waals surface area (Å²) in [6.45, 7) is 0. The zero-order valence-corrected chi connectivity index (χ0v) is 13.8. The highest BCUT2D eigenvalue weighted by Crippen LogP contribution is 2.28. The third-order valence-corrected chi connectivity index (χ3v) is 4.78. The molecule has 2 aromatic rings. The zero-order valence-electron chi connectivity index (χ0n) is 13.8. The Labute approximate surface area is 138 Å². The van der Waals surface area contributed by atoms with Crippen molar-refractivity contribution in [1.29, 1.82) is 0 Å². The molecule has 0 spiro atoms. The first-order valence-electron chi connectivity index (χ1n) is 8.52. The molecule has 1 fully saturated rings. The Morgan fingerprint density at radius 3 is 2.57 bits per heavy atom. The minimum Gasteiger partial charge on any atom is -0.497 e. The molecule has 23 heavy (non-hydrogen) atoms. The fourth-order valence-corrected chi connectivity index (χ4v) is 3.34. The number of anilines is 1. The molecule has 1 aliphatic carbocycles. The lowest BCUT2D eigenvalue weighted by Gasteiger charge is -2.21. The lowest BCUT2D eigenvalue weighted by Crippen LogP contribution is -2.09. The Kier molecular flexibility index (Phi) is 5.11. The summed E-state index contributed by atoms with van der Waals surface area (Å²) in [5.41, 5.74) is 8.88. The van der Waals surface area contributed by atoms with Crippen LogP contribution in [0.25, 0.3) is 11.3 Å². The Hall–Kier alpha value is -2.10. The average molecular weight is 311 g/mol. The fraction of sp³-hybridized carbons (Fsp3) is 0.474. The summed E-state index contributed by atoms with van der Waals surface area (Å²) in [6.07, 6.45) is 10.7. The molecule has 0 unspecified atom stereocenters. The predicted octanol–water partition coefficient (Wildman–Crippen LogP) is 4.25. The van der Waals surface area contributed by atoms with Gasteiger partial charge >= 0.3 is 0 Å². The Bertz CT molecular complexity index is 634. The van der Waals surface area contributed by atoms with Gasteiger partial charge in [-0.15, -0.1) is 0 Å². The second-order valence-corrected chi connectivity index (χ2v) is 6.36. The van der Waals surface area contributed by atoms with Gasteiger partial charge in [0.2, 0.25) is 0 Å². The SMILES string of the molecule is COc1ccc(-c2cnc(N)c(CCC3CCCCC3)n2)cc1. The average Bonchev–Trinajstić information content (AvgIpc) is 2.62. The first-order valence-corrected chi connectivity index (χ1v) is 8.52. The largest absolute Gasteiger partial charge is 0.497 e. The number of aromatic nitrogens is 2. The summed E-state index contributed by atoms with van der Waals surface area (Å²) >= 11 is 0. The van der Waals surface area contributed by atoms with E-state index in [1.807, 2.05) is 24.3 Å². The van der Waals surface area contributed by atoms with Crippen LogP contribution in [0.2, 0.25) is 0 Å². The summed E-state index contributed by atoms with van der Waals surface area (Å²) in [6, 6.07) is 7.89. The van der Waals surface area contributed by atoms with Crippen LogP contribution < -0.4 is 10.5 Å². The molecule has 1 saturated carbocycles. The maximum absolute atomic E-state index is 6.04. The van der Waals surface area contributed by atoms with Gasteiger partial charge in [-0.3, -0.25) is 0 Å². The number of methoxy groups -OCH3 is 1. The monoisotopic (exact) mass is 311 g/mol. The van der Waals surface area contributed by atoms with Crippen LogP contribution in [-0.4, -0.2) is 17.1 Å². The Morgan fingerprint density at radius 1 is 1.13 bits per heavy atom. The highest BCUT2D eigenvalue weighted by Gasteiger charge is 2.15. The van der Waals surface area contributed by atoms with Crippen molar-refractivity contribution in [2.45, 2.75) is 44.9 Å². The molecular weight excluding hydrogens is 286 g/mol. The van der Waals surface area contributed by atoms with Crippen LogP contribution in [0.5, 0.6) is 5.75 Å². The summed E-state index contributed by atoms with van der Waals surface area (Å²) in [7, 11) is 1.67. The number of nitrogens with zero attached hydrogens (tertiary/aromatic N) is 2. The minimum absolute atomic E-state index is 0.568. The quantitative estimate of drug-likeness (QED) is 0.897. The van der Waals surface area contributed by atoms with Crippen LogP contribution >= 0.6 is 0 Å². The van der Waals surface area contributed by atoms with Crippen LogP contribution in [0.4, 0.5) is 5.82 Å². The molecule has 0 amide bonds. The van der Waals surface area contributed by atoms with Gasteiger partial charge in [0, 0.05) is 5.56 Å². The molecule has 1 heterocycles. The van der Waals surface area contributed by atoms with Crippen molar-refractivity contribution in [1.82, 2.24) is 9.97 Å². The van der Waals surface area contributed by atoms with Gasteiger partial charge in [-0.2, -0.15) is 0 Å². The maximum Gasteiger partial charge on any atom is 0.145 e. The van der Waals surface area contributed by atoms with Crippen LogP contribution in [0.1, 0.15) is 44.2 Å². The molecule has 0 aliphatic heterocycles. The molecule has 4 heteroatoms. The van der Waals surface area contributed by atoms with E-state index in [4.69, 9.17) is 15.5 Å². The molecule has 0 radical (unpaired) electrons. The van der Waals surface area contributed by atoms with Crippen LogP contribution in [-0.2, 0) is 6.42 Å². The van der Waals surface area contributed by atoms with Crippen molar-refractivity contribution in [3.8, 4) is 17.0 Å². The molecule has 122 valence electrons. The van der Waals surface area contributed by atoms with E-state index >= 15 is 0 Å². The van der Waals surface area contributed by atoms with Crippen molar-refractivity contribution >= 4 is 5.82 Å². The molecule has 2 N–H and O–H groups in total. The highest BCUT2D eigenvalue weighted by molar-refractivity contribution is 5.60. The van der Waals surface area contributed by atoms with Gasteiger partial charge in [0.1, 0.15) is 11.6 Å². The Morgan fingerprint density at radius 2 is 1.87 bits per heavy atom. The van der Waals surface area contributed by atoms with Crippen LogP contribution in [0, 0.1) is 5.92 Å². The van der Waals surface area contributed by atoms with E-state index in [1.165, 1.54) is 38.5 Å². The van der Waals surface area contributed by atoms with Gasteiger partial charge in [0.25, 0.3) is 0 Å². The minimum atomic E-state index is 0.568. The number of hydrogen-bond donors (Lipinski definition) is 1. The standard InChI is InChI=1S/C19H25N3O/c1-23-16-10-8-15(9-11-16)18-13-21-19(20)17(22-18)12-7-14-5-3-2-4-6-14/h8-11,13-14H,2-7,12H2,1H3,(H2,20,21). The Balaban J connectivity index is 1.72. The van der Waals surface area contributed by atoms with E-state index in [2.05, 4.69) is 4.98 Å². The number of nitrogen functional groups attached to an aromatic ring is 1. The highest BCUT2D eigenvalue weighted by atomic mass is 16.5. The van der Waals surface area contributed by atoms with E-state index in [9.17, 15) is 0 Å². The van der Waals surface area contributed by atoms with E-state index in [0.717, 1.165) is 35.0 Å². The lowest BCUT2D eigenvalue weighted by molar-refractivity contribution is 0.338. The first kappa shape index (κ1) is 15.8. The van der Waals surface area contributed by atoms with Gasteiger partial charge in [-0.1, -0.05) is 32.1 Å². The smallest absolute Gasteiger partial charge is 0.145 e. The van der Waals surface area contributed by atoms with Crippen molar-refractivity contribution in [2.75, 3.05) is 12.8 Å². The first-order chi connectivity index (χ1) is 11.3. The van der Waals surface area contributed by atoms with Crippen LogP contribution in [0.3, 0.4) is 0 Å². The third kappa shape index (κ3) is 4.01. The van der Waals surface area contributed by atoms with E-state index in [-0.39, 0.29) is 0 Å². The molecule has 1 aromatic carbocycles. The third-order valence-electron chi connectivity index (χ3n) is 4.78. The molecular formula is C19H25N3O. The molecule has 0 bridgehead atoms. The van der Waals surface area contributed by atoms with Crippen molar-refractivity contribution in [3.63, 3.8) is 0 Å². The summed E-state index contributed by atoms with van der Waals surface area (Å²) in [4.78, 5) is 9.10.